The molecule has 1 rings (SSSR count). The Morgan fingerprint density at radius 3 is 2.06 bits per heavy atom. The molecule has 0 radical (unpaired) electrons. The first-order chi connectivity index (χ1) is 8.11. The highest BCUT2D eigenvalue weighted by molar-refractivity contribution is 6.70. The maximum Gasteiger partial charge on any atom is 0.305 e. The second kappa shape index (κ2) is 5.37. The molecule has 102 valence electrons. The van der Waals surface area contributed by atoms with Crippen LogP contribution in [0.5, 0.6) is 11.9 Å². The van der Waals surface area contributed by atoms with Crippen LogP contribution in [-0.4, -0.2) is 31.7 Å². The van der Waals surface area contributed by atoms with Gasteiger partial charge in [-0.1, -0.05) is 0 Å². The molecule has 0 aromatic carbocycles. The second-order valence-corrected chi connectivity index (χ2v) is 14.9. The topological polar surface area (TPSA) is 64.5 Å². The van der Waals surface area contributed by atoms with E-state index in [2.05, 4.69) is 49.3 Å². The Morgan fingerprint density at radius 2 is 1.61 bits per heavy atom. The van der Waals surface area contributed by atoms with E-state index in [0.717, 1.165) is 0 Å². The van der Waals surface area contributed by atoms with E-state index in [1.807, 2.05) is 0 Å². The number of nitrogens with zero attached hydrogens (tertiary/aromatic N) is 2. The zero-order chi connectivity index (χ0) is 14.0. The van der Waals surface area contributed by atoms with Crippen molar-refractivity contribution in [3.8, 4) is 11.9 Å². The molecule has 0 spiro atoms. The normalized spacial score (nSPS) is 12.4. The van der Waals surface area contributed by atoms with Crippen LogP contribution in [0.25, 0.3) is 0 Å². The number of rotatable bonds is 5. The zero-order valence-electron chi connectivity index (χ0n) is 11.9. The van der Waals surface area contributed by atoms with Crippen molar-refractivity contribution in [3.63, 3.8) is 0 Å². The molecule has 0 atom stereocenters. The molecule has 1 aromatic rings. The Bertz CT molecular complexity index is 414. The van der Waals surface area contributed by atoms with E-state index in [0.29, 0.717) is 17.5 Å². The third-order valence-corrected chi connectivity index (χ3v) is 3.37. The van der Waals surface area contributed by atoms with E-state index in [1.165, 1.54) is 0 Å². The predicted octanol–water partition coefficient (Wildman–Crippen LogP) is 2.40. The molecule has 5 nitrogen and oxygen atoms in total. The summed E-state index contributed by atoms with van der Waals surface area (Å²) in [6.45, 7) is 12.3. The van der Waals surface area contributed by atoms with Crippen LogP contribution in [0, 0.1) is 0 Å². The highest BCUT2D eigenvalue weighted by Crippen LogP contribution is 2.22. The smallest absolute Gasteiger partial charge is 0.305 e. The van der Waals surface area contributed by atoms with Gasteiger partial charge >= 0.3 is 6.01 Å². The summed E-state index contributed by atoms with van der Waals surface area (Å²) in [6, 6.07) is 0.333. The SMILES string of the molecule is C[Si](C)(C)Oc1ncc(CO)c(O[Si](C)(C)C)n1. The molecule has 0 saturated carbocycles. The van der Waals surface area contributed by atoms with Crippen molar-refractivity contribution in [2.24, 2.45) is 0 Å². The largest absolute Gasteiger partial charge is 0.531 e. The van der Waals surface area contributed by atoms with Crippen molar-refractivity contribution < 1.29 is 14.0 Å². The molecule has 18 heavy (non-hydrogen) atoms. The van der Waals surface area contributed by atoms with Gasteiger partial charge in [0.05, 0.1) is 12.2 Å². The number of hydrogen-bond donors (Lipinski definition) is 1. The third-order valence-electron chi connectivity index (χ3n) is 1.77. The average molecular weight is 286 g/mol. The van der Waals surface area contributed by atoms with Crippen molar-refractivity contribution in [1.82, 2.24) is 9.97 Å². The highest BCUT2D eigenvalue weighted by Gasteiger charge is 2.22. The van der Waals surface area contributed by atoms with Crippen LogP contribution >= 0.6 is 0 Å². The standard InChI is InChI=1S/C11H22N2O3Si2/c1-17(2,3)15-10-9(8-14)7-12-11(13-10)16-18(4,5)6/h7,14H,8H2,1-6H3. The van der Waals surface area contributed by atoms with Gasteiger partial charge in [-0.3, -0.25) is 0 Å². The van der Waals surface area contributed by atoms with Gasteiger partial charge < -0.3 is 14.0 Å². The monoisotopic (exact) mass is 286 g/mol. The molecule has 0 aliphatic heterocycles. The van der Waals surface area contributed by atoms with Crippen LogP contribution < -0.4 is 8.85 Å². The summed E-state index contributed by atoms with van der Waals surface area (Å²) in [5, 5.41) is 9.26. The molecular formula is C11H22N2O3Si2. The van der Waals surface area contributed by atoms with Crippen molar-refractivity contribution in [3.05, 3.63) is 11.8 Å². The number of aromatic nitrogens is 2. The molecule has 0 aliphatic carbocycles. The molecule has 0 bridgehead atoms. The zero-order valence-corrected chi connectivity index (χ0v) is 13.9. The Hall–Kier alpha value is -0.926. The van der Waals surface area contributed by atoms with E-state index >= 15 is 0 Å². The lowest BCUT2D eigenvalue weighted by Crippen LogP contribution is -2.32. The molecular weight excluding hydrogens is 264 g/mol. The summed E-state index contributed by atoms with van der Waals surface area (Å²) in [5.41, 5.74) is 0.598. The average Bonchev–Trinajstić information content (AvgIpc) is 2.12. The highest BCUT2D eigenvalue weighted by atomic mass is 28.4. The van der Waals surface area contributed by atoms with Crippen LogP contribution in [0.15, 0.2) is 6.20 Å². The summed E-state index contributed by atoms with van der Waals surface area (Å²) in [4.78, 5) is 8.37. The second-order valence-electron chi connectivity index (χ2n) is 6.07. The molecule has 0 aliphatic rings. The van der Waals surface area contributed by atoms with E-state index in [1.54, 1.807) is 6.20 Å². The molecule has 0 saturated heterocycles. The van der Waals surface area contributed by atoms with Gasteiger partial charge in [-0.05, 0) is 39.3 Å². The summed E-state index contributed by atoms with van der Waals surface area (Å²) < 4.78 is 11.6. The van der Waals surface area contributed by atoms with E-state index < -0.39 is 16.6 Å². The van der Waals surface area contributed by atoms with Gasteiger partial charge in [0.1, 0.15) is 0 Å². The third kappa shape index (κ3) is 5.15. The minimum atomic E-state index is -1.77. The molecule has 1 heterocycles. The van der Waals surface area contributed by atoms with Crippen LogP contribution in [0.2, 0.25) is 39.3 Å². The fraction of sp³-hybridized carbons (Fsp3) is 0.636. The number of aliphatic hydroxyl groups is 1. The number of hydrogen-bond acceptors (Lipinski definition) is 5. The number of aliphatic hydroxyl groups excluding tert-OH is 1. The molecule has 0 fully saturated rings. The Morgan fingerprint density at radius 1 is 1.06 bits per heavy atom. The van der Waals surface area contributed by atoms with Gasteiger partial charge in [0.2, 0.25) is 22.5 Å². The van der Waals surface area contributed by atoms with Crippen LogP contribution in [-0.2, 0) is 6.61 Å². The minimum Gasteiger partial charge on any atom is -0.531 e. The lowest BCUT2D eigenvalue weighted by atomic mass is 10.3. The molecule has 1 aromatic heterocycles. The molecule has 0 unspecified atom stereocenters. The predicted molar refractivity (Wildman–Crippen MR) is 75.9 cm³/mol. The van der Waals surface area contributed by atoms with E-state index in [9.17, 15) is 5.11 Å². The lowest BCUT2D eigenvalue weighted by Gasteiger charge is -2.22. The van der Waals surface area contributed by atoms with Crippen LogP contribution in [0.4, 0.5) is 0 Å². The Kier molecular flexibility index (Phi) is 4.52. The van der Waals surface area contributed by atoms with Gasteiger partial charge in [-0.25, -0.2) is 4.98 Å². The van der Waals surface area contributed by atoms with Gasteiger partial charge in [-0.15, -0.1) is 0 Å². The van der Waals surface area contributed by atoms with Crippen molar-refractivity contribution in [2.45, 2.75) is 45.9 Å². The van der Waals surface area contributed by atoms with Gasteiger partial charge in [-0.2, -0.15) is 4.98 Å². The lowest BCUT2D eigenvalue weighted by molar-refractivity contribution is 0.275. The first kappa shape index (κ1) is 15.1. The van der Waals surface area contributed by atoms with E-state index in [4.69, 9.17) is 8.85 Å². The maximum atomic E-state index is 9.26. The van der Waals surface area contributed by atoms with Crippen LogP contribution in [0.1, 0.15) is 5.56 Å². The Labute approximate surface area is 110 Å². The minimum absolute atomic E-state index is 0.132. The summed E-state index contributed by atoms with van der Waals surface area (Å²) in [6.07, 6.45) is 1.57. The summed E-state index contributed by atoms with van der Waals surface area (Å²) >= 11 is 0. The molecule has 7 heteroatoms. The summed E-state index contributed by atoms with van der Waals surface area (Å²) in [7, 11) is -3.51. The van der Waals surface area contributed by atoms with Crippen molar-refractivity contribution >= 4 is 16.6 Å². The Balaban J connectivity index is 3.02. The fourth-order valence-electron chi connectivity index (χ4n) is 1.19. The van der Waals surface area contributed by atoms with Crippen LogP contribution in [0.3, 0.4) is 0 Å². The molecule has 1 N–H and O–H groups in total. The van der Waals surface area contributed by atoms with Crippen molar-refractivity contribution in [2.75, 3.05) is 0 Å². The first-order valence-electron chi connectivity index (χ1n) is 5.95. The first-order valence-corrected chi connectivity index (χ1v) is 12.8. The van der Waals surface area contributed by atoms with E-state index in [-0.39, 0.29) is 6.61 Å². The summed E-state index contributed by atoms with van der Waals surface area (Å²) in [5.74, 6) is 0.444. The van der Waals surface area contributed by atoms with Gasteiger partial charge in [0.25, 0.3) is 0 Å². The van der Waals surface area contributed by atoms with Gasteiger partial charge in [0, 0.05) is 6.20 Å². The quantitative estimate of drug-likeness (QED) is 0.842. The molecule has 0 amide bonds. The van der Waals surface area contributed by atoms with Gasteiger partial charge in [0.15, 0.2) is 0 Å². The van der Waals surface area contributed by atoms with Crippen molar-refractivity contribution in [1.29, 1.82) is 0 Å². The fourth-order valence-corrected chi connectivity index (χ4v) is 2.59. The maximum absolute atomic E-state index is 9.26.